The standard InChI is InChI=1S/C24H36N2O6/c1-18(2)22(31-21(29)19-10-9-15-25-16-19)32-23(30)26-17-24(13-7-4-8-14-24)12-6-3-5-11-20(27)28/h9-10,15-16,18,22H,3-8,11-14,17H2,1-2H3,(H,26,30)(H,27,28). The molecule has 32 heavy (non-hydrogen) atoms. The van der Waals surface area contributed by atoms with Crippen molar-refractivity contribution in [3.8, 4) is 0 Å². The molecule has 178 valence electrons. The first-order valence-electron chi connectivity index (χ1n) is 11.6. The van der Waals surface area contributed by atoms with Crippen LogP contribution in [0.1, 0.15) is 88.4 Å². The van der Waals surface area contributed by atoms with Crippen molar-refractivity contribution in [2.24, 2.45) is 11.3 Å². The second-order valence-electron chi connectivity index (χ2n) is 9.03. The maximum Gasteiger partial charge on any atom is 0.410 e. The molecule has 1 unspecified atom stereocenters. The number of esters is 1. The van der Waals surface area contributed by atoms with E-state index in [-0.39, 0.29) is 17.8 Å². The van der Waals surface area contributed by atoms with Gasteiger partial charge in [0, 0.05) is 31.3 Å². The molecule has 0 spiro atoms. The van der Waals surface area contributed by atoms with Gasteiger partial charge in [-0.25, -0.2) is 9.59 Å². The van der Waals surface area contributed by atoms with E-state index in [1.807, 2.05) is 13.8 Å². The Labute approximate surface area is 190 Å². The second kappa shape index (κ2) is 13.0. The highest BCUT2D eigenvalue weighted by Gasteiger charge is 2.33. The highest BCUT2D eigenvalue weighted by atomic mass is 16.7. The molecule has 1 heterocycles. The lowest BCUT2D eigenvalue weighted by Gasteiger charge is -2.37. The van der Waals surface area contributed by atoms with E-state index < -0.39 is 24.3 Å². The Kier molecular flexibility index (Phi) is 10.4. The Morgan fingerprint density at radius 1 is 1.12 bits per heavy atom. The molecule has 1 fully saturated rings. The van der Waals surface area contributed by atoms with E-state index in [4.69, 9.17) is 14.6 Å². The van der Waals surface area contributed by atoms with Crippen molar-refractivity contribution in [1.82, 2.24) is 10.3 Å². The third-order valence-corrected chi connectivity index (χ3v) is 6.01. The number of aliphatic carboxylic acids is 1. The van der Waals surface area contributed by atoms with Gasteiger partial charge in [0.25, 0.3) is 6.29 Å². The van der Waals surface area contributed by atoms with Crippen molar-refractivity contribution in [2.45, 2.75) is 84.3 Å². The Balaban J connectivity index is 1.85. The molecule has 8 heteroatoms. The lowest BCUT2D eigenvalue weighted by Crippen LogP contribution is -2.41. The molecular formula is C24H36N2O6. The zero-order valence-corrected chi connectivity index (χ0v) is 19.2. The molecule has 0 saturated heterocycles. The number of aromatic nitrogens is 1. The molecule has 1 saturated carbocycles. The molecule has 1 aliphatic rings. The van der Waals surface area contributed by atoms with Crippen LogP contribution in [0.3, 0.4) is 0 Å². The molecule has 0 aromatic carbocycles. The summed E-state index contributed by atoms with van der Waals surface area (Å²) in [6, 6.07) is 3.23. The number of nitrogens with zero attached hydrogens (tertiary/aromatic N) is 1. The van der Waals surface area contributed by atoms with Crippen LogP contribution >= 0.6 is 0 Å². The summed E-state index contributed by atoms with van der Waals surface area (Å²) in [6.07, 6.45) is 10.6. The zero-order valence-electron chi connectivity index (χ0n) is 19.2. The number of amides is 1. The van der Waals surface area contributed by atoms with Crippen LogP contribution in [0, 0.1) is 11.3 Å². The van der Waals surface area contributed by atoms with Crippen molar-refractivity contribution in [3.05, 3.63) is 30.1 Å². The summed E-state index contributed by atoms with van der Waals surface area (Å²) >= 11 is 0. The predicted octanol–water partition coefficient (Wildman–Crippen LogP) is 4.93. The lowest BCUT2D eigenvalue weighted by atomic mass is 9.71. The maximum absolute atomic E-state index is 12.5. The fourth-order valence-corrected chi connectivity index (χ4v) is 4.13. The van der Waals surface area contributed by atoms with E-state index in [0.717, 1.165) is 44.9 Å². The van der Waals surface area contributed by atoms with E-state index in [2.05, 4.69) is 10.3 Å². The molecule has 1 aromatic rings. The van der Waals surface area contributed by atoms with Gasteiger partial charge in [-0.15, -0.1) is 0 Å². The molecule has 0 aliphatic heterocycles. The van der Waals surface area contributed by atoms with E-state index >= 15 is 0 Å². The van der Waals surface area contributed by atoms with Gasteiger partial charge in [-0.05, 0) is 43.2 Å². The lowest BCUT2D eigenvalue weighted by molar-refractivity contribution is -0.137. The van der Waals surface area contributed by atoms with Gasteiger partial charge in [0.15, 0.2) is 0 Å². The summed E-state index contributed by atoms with van der Waals surface area (Å²) < 4.78 is 10.8. The molecule has 1 aliphatic carbocycles. The van der Waals surface area contributed by atoms with Crippen molar-refractivity contribution in [3.63, 3.8) is 0 Å². The number of carbonyl (C=O) groups excluding carboxylic acids is 2. The Morgan fingerprint density at radius 2 is 1.88 bits per heavy atom. The van der Waals surface area contributed by atoms with E-state index in [1.54, 1.807) is 18.3 Å². The first-order chi connectivity index (χ1) is 15.3. The third kappa shape index (κ3) is 8.85. The molecule has 1 atom stereocenters. The molecule has 2 rings (SSSR count). The topological polar surface area (TPSA) is 115 Å². The van der Waals surface area contributed by atoms with Crippen molar-refractivity contribution in [1.29, 1.82) is 0 Å². The quantitative estimate of drug-likeness (QED) is 0.265. The van der Waals surface area contributed by atoms with Crippen LogP contribution in [0.25, 0.3) is 0 Å². The Morgan fingerprint density at radius 3 is 2.50 bits per heavy atom. The minimum Gasteiger partial charge on any atom is -0.481 e. The van der Waals surface area contributed by atoms with Gasteiger partial charge in [-0.2, -0.15) is 0 Å². The maximum atomic E-state index is 12.5. The number of ether oxygens (including phenoxy) is 2. The fourth-order valence-electron chi connectivity index (χ4n) is 4.13. The van der Waals surface area contributed by atoms with Crippen LogP contribution in [0.2, 0.25) is 0 Å². The number of nitrogens with one attached hydrogen (secondary N) is 1. The van der Waals surface area contributed by atoms with E-state index in [9.17, 15) is 14.4 Å². The monoisotopic (exact) mass is 448 g/mol. The van der Waals surface area contributed by atoms with Crippen LogP contribution in [0.4, 0.5) is 4.79 Å². The van der Waals surface area contributed by atoms with Crippen LogP contribution in [-0.4, -0.2) is 41.0 Å². The van der Waals surface area contributed by atoms with Crippen molar-refractivity contribution >= 4 is 18.0 Å². The second-order valence-corrected chi connectivity index (χ2v) is 9.03. The number of carboxylic acids is 1. The number of hydrogen-bond donors (Lipinski definition) is 2. The number of rotatable bonds is 12. The first kappa shape index (κ1) is 25.6. The smallest absolute Gasteiger partial charge is 0.410 e. The number of alkyl carbamates (subject to hydrolysis) is 1. The van der Waals surface area contributed by atoms with Gasteiger partial charge in [0.1, 0.15) is 0 Å². The summed E-state index contributed by atoms with van der Waals surface area (Å²) in [7, 11) is 0. The van der Waals surface area contributed by atoms with E-state index in [1.165, 1.54) is 12.6 Å². The predicted molar refractivity (Wildman–Crippen MR) is 119 cm³/mol. The van der Waals surface area contributed by atoms with Crippen LogP contribution in [0.5, 0.6) is 0 Å². The van der Waals surface area contributed by atoms with Crippen LogP contribution in [-0.2, 0) is 14.3 Å². The molecule has 1 aromatic heterocycles. The summed E-state index contributed by atoms with van der Waals surface area (Å²) in [5, 5.41) is 11.7. The summed E-state index contributed by atoms with van der Waals surface area (Å²) in [6.45, 7) is 4.13. The number of carbonyl (C=O) groups is 3. The summed E-state index contributed by atoms with van der Waals surface area (Å²) in [5.74, 6) is -1.56. The molecular weight excluding hydrogens is 412 g/mol. The zero-order chi connectivity index (χ0) is 23.4. The first-order valence-corrected chi connectivity index (χ1v) is 11.6. The molecule has 2 N–H and O–H groups in total. The van der Waals surface area contributed by atoms with Gasteiger partial charge < -0.3 is 19.9 Å². The molecule has 8 nitrogen and oxygen atoms in total. The number of unbranched alkanes of at least 4 members (excludes halogenated alkanes) is 2. The number of pyridine rings is 1. The minimum absolute atomic E-state index is 0.0141. The SMILES string of the molecule is CC(C)C(OC(=O)NCC1(CCCCCC(=O)O)CCCCC1)OC(=O)c1cccnc1. The van der Waals surface area contributed by atoms with Crippen molar-refractivity contribution in [2.75, 3.05) is 6.54 Å². The normalized spacial score (nSPS) is 16.2. The minimum atomic E-state index is -0.999. The highest BCUT2D eigenvalue weighted by Crippen LogP contribution is 2.40. The van der Waals surface area contributed by atoms with Crippen LogP contribution in [0.15, 0.2) is 24.5 Å². The van der Waals surface area contributed by atoms with Gasteiger partial charge in [-0.3, -0.25) is 9.78 Å². The third-order valence-electron chi connectivity index (χ3n) is 6.01. The van der Waals surface area contributed by atoms with Gasteiger partial charge in [0.2, 0.25) is 0 Å². The molecule has 0 bridgehead atoms. The molecule has 0 radical (unpaired) electrons. The van der Waals surface area contributed by atoms with Gasteiger partial charge in [0.05, 0.1) is 5.56 Å². The average Bonchev–Trinajstić information content (AvgIpc) is 2.78. The number of carboxylic acid groups (broad SMARTS) is 1. The van der Waals surface area contributed by atoms with Crippen molar-refractivity contribution < 1.29 is 29.0 Å². The number of hydrogen-bond acceptors (Lipinski definition) is 6. The van der Waals surface area contributed by atoms with Gasteiger partial charge >= 0.3 is 18.0 Å². The Hall–Kier alpha value is -2.64. The fraction of sp³-hybridized carbons (Fsp3) is 0.667. The molecule has 1 amide bonds. The average molecular weight is 449 g/mol. The highest BCUT2D eigenvalue weighted by molar-refractivity contribution is 5.89. The van der Waals surface area contributed by atoms with Gasteiger partial charge in [-0.1, -0.05) is 46.0 Å². The Bertz CT molecular complexity index is 731. The van der Waals surface area contributed by atoms with E-state index in [0.29, 0.717) is 18.5 Å². The largest absolute Gasteiger partial charge is 0.481 e. The summed E-state index contributed by atoms with van der Waals surface area (Å²) in [5.41, 5.74) is 0.312. The van der Waals surface area contributed by atoms with Crippen LogP contribution < -0.4 is 5.32 Å². The summed E-state index contributed by atoms with van der Waals surface area (Å²) in [4.78, 5) is 39.4.